The Hall–Kier alpha value is -1.41. The highest BCUT2D eigenvalue weighted by Gasteiger charge is 2.22. The van der Waals surface area contributed by atoms with Crippen molar-refractivity contribution >= 4 is 27.7 Å². The van der Waals surface area contributed by atoms with Crippen LogP contribution in [0.4, 0.5) is 0 Å². The molecule has 1 aromatic carbocycles. The van der Waals surface area contributed by atoms with Crippen LogP contribution in [-0.4, -0.2) is 39.0 Å². The number of carbonyl (C=O) groups is 1. The molecule has 0 aliphatic carbocycles. The van der Waals surface area contributed by atoms with Crippen LogP contribution >= 0.6 is 11.8 Å². The Morgan fingerprint density at radius 1 is 1.23 bits per heavy atom. The van der Waals surface area contributed by atoms with Crippen molar-refractivity contribution in [1.29, 1.82) is 0 Å². The number of amides is 1. The number of carbonyl (C=O) groups excluding carboxylic acids is 1. The Kier molecular flexibility index (Phi) is 7.02. The van der Waals surface area contributed by atoms with Crippen LogP contribution in [0.5, 0.6) is 11.5 Å². The number of hydrogen-bond acceptors (Lipinski definition) is 6. The Balaban J connectivity index is 3.09. The molecule has 1 atom stereocenters. The van der Waals surface area contributed by atoms with E-state index in [0.29, 0.717) is 24.7 Å². The molecule has 0 unspecified atom stereocenters. The summed E-state index contributed by atoms with van der Waals surface area (Å²) in [5.74, 6) is 0.240. The molecular weight excluding hydrogens is 326 g/mol. The minimum Gasteiger partial charge on any atom is -0.490 e. The quantitative estimate of drug-likeness (QED) is 0.775. The van der Waals surface area contributed by atoms with E-state index < -0.39 is 21.2 Å². The summed E-state index contributed by atoms with van der Waals surface area (Å²) in [6, 6.07) is 4.26. The van der Waals surface area contributed by atoms with Crippen LogP contribution in [0.2, 0.25) is 0 Å². The van der Waals surface area contributed by atoms with Gasteiger partial charge < -0.3 is 9.47 Å². The second-order valence-corrected chi connectivity index (χ2v) is 7.18. The molecule has 0 spiro atoms. The van der Waals surface area contributed by atoms with Crippen LogP contribution in [0.25, 0.3) is 0 Å². The molecule has 22 heavy (non-hydrogen) atoms. The third kappa shape index (κ3) is 4.81. The molecule has 0 aliphatic heterocycles. The van der Waals surface area contributed by atoms with E-state index in [-0.39, 0.29) is 4.90 Å². The van der Waals surface area contributed by atoms with E-state index in [0.717, 1.165) is 0 Å². The van der Waals surface area contributed by atoms with Crippen LogP contribution in [0.3, 0.4) is 0 Å². The van der Waals surface area contributed by atoms with Gasteiger partial charge in [0, 0.05) is 6.07 Å². The summed E-state index contributed by atoms with van der Waals surface area (Å²) in [5.41, 5.74) is 0. The van der Waals surface area contributed by atoms with Crippen molar-refractivity contribution in [3.05, 3.63) is 18.2 Å². The number of hydrogen-bond donors (Lipinski definition) is 1. The molecule has 0 aliphatic rings. The first-order valence-electron chi connectivity index (χ1n) is 6.84. The van der Waals surface area contributed by atoms with Gasteiger partial charge in [0.05, 0.1) is 23.4 Å². The number of nitrogens with one attached hydrogen (secondary N) is 1. The van der Waals surface area contributed by atoms with Gasteiger partial charge in [-0.25, -0.2) is 13.1 Å². The zero-order chi connectivity index (χ0) is 16.8. The van der Waals surface area contributed by atoms with Crippen molar-refractivity contribution in [1.82, 2.24) is 4.72 Å². The van der Waals surface area contributed by atoms with Crippen molar-refractivity contribution in [3.63, 3.8) is 0 Å². The molecule has 0 saturated carbocycles. The number of thioether (sulfide) groups is 1. The van der Waals surface area contributed by atoms with Gasteiger partial charge >= 0.3 is 0 Å². The molecule has 124 valence electrons. The normalized spacial score (nSPS) is 12.5. The molecule has 6 nitrogen and oxygen atoms in total. The predicted molar refractivity (Wildman–Crippen MR) is 87.1 cm³/mol. The molecule has 0 bridgehead atoms. The second kappa shape index (κ2) is 8.28. The van der Waals surface area contributed by atoms with Crippen LogP contribution in [0.15, 0.2) is 23.1 Å². The van der Waals surface area contributed by atoms with Gasteiger partial charge in [-0.05, 0) is 39.2 Å². The van der Waals surface area contributed by atoms with E-state index in [4.69, 9.17) is 9.47 Å². The van der Waals surface area contributed by atoms with Crippen molar-refractivity contribution in [3.8, 4) is 11.5 Å². The van der Waals surface area contributed by atoms with E-state index in [1.807, 2.05) is 6.92 Å². The smallest absolute Gasteiger partial charge is 0.264 e. The fourth-order valence-corrected chi connectivity index (χ4v) is 3.00. The predicted octanol–water partition coefficient (Wildman–Crippen LogP) is 2.04. The molecule has 1 amide bonds. The van der Waals surface area contributed by atoms with Crippen molar-refractivity contribution in [2.24, 2.45) is 0 Å². The fourth-order valence-electron chi connectivity index (χ4n) is 1.58. The standard InChI is InChI=1S/C14H21NO5S2/c1-5-19-12-8-7-11(9-13(12)20-6-2)22(17,18)15-14(16)10(3)21-4/h7-10H,5-6H2,1-4H3,(H,15,16)/t10-/m0/s1. The first-order valence-corrected chi connectivity index (χ1v) is 9.61. The summed E-state index contributed by atoms with van der Waals surface area (Å²) >= 11 is 1.27. The lowest BCUT2D eigenvalue weighted by molar-refractivity contribution is -0.118. The lowest BCUT2D eigenvalue weighted by Crippen LogP contribution is -2.35. The van der Waals surface area contributed by atoms with Gasteiger partial charge in [-0.2, -0.15) is 11.8 Å². The monoisotopic (exact) mass is 347 g/mol. The molecule has 0 heterocycles. The first-order chi connectivity index (χ1) is 10.4. The van der Waals surface area contributed by atoms with Crippen molar-refractivity contribution in [2.45, 2.75) is 30.9 Å². The van der Waals surface area contributed by atoms with E-state index in [1.54, 1.807) is 20.1 Å². The SMILES string of the molecule is CCOc1ccc(S(=O)(=O)NC(=O)[C@H](C)SC)cc1OCC. The molecule has 0 fully saturated rings. The number of ether oxygens (including phenoxy) is 2. The molecule has 1 aromatic rings. The maximum Gasteiger partial charge on any atom is 0.264 e. The Morgan fingerprint density at radius 2 is 1.82 bits per heavy atom. The minimum absolute atomic E-state index is 0.0407. The van der Waals surface area contributed by atoms with Gasteiger partial charge in [-0.1, -0.05) is 0 Å². The highest BCUT2D eigenvalue weighted by Crippen LogP contribution is 2.30. The van der Waals surface area contributed by atoms with Gasteiger partial charge in [0.1, 0.15) is 0 Å². The molecule has 0 radical (unpaired) electrons. The summed E-state index contributed by atoms with van der Waals surface area (Å²) in [5, 5.41) is -0.455. The highest BCUT2D eigenvalue weighted by atomic mass is 32.2. The van der Waals surface area contributed by atoms with Crippen LogP contribution in [0.1, 0.15) is 20.8 Å². The highest BCUT2D eigenvalue weighted by molar-refractivity contribution is 8.00. The van der Waals surface area contributed by atoms with Crippen molar-refractivity contribution in [2.75, 3.05) is 19.5 Å². The zero-order valence-electron chi connectivity index (χ0n) is 13.1. The van der Waals surface area contributed by atoms with Gasteiger partial charge in [0.2, 0.25) is 5.91 Å². The van der Waals surface area contributed by atoms with E-state index in [1.165, 1.54) is 30.0 Å². The van der Waals surface area contributed by atoms with E-state index in [2.05, 4.69) is 4.72 Å². The van der Waals surface area contributed by atoms with Gasteiger partial charge in [-0.3, -0.25) is 4.79 Å². The van der Waals surface area contributed by atoms with Crippen LogP contribution < -0.4 is 14.2 Å². The number of sulfonamides is 1. The topological polar surface area (TPSA) is 81.7 Å². The third-order valence-corrected chi connectivity index (χ3v) is 5.05. The molecule has 1 N–H and O–H groups in total. The number of benzene rings is 1. The summed E-state index contributed by atoms with van der Waals surface area (Å²) in [6.07, 6.45) is 1.74. The molecule has 0 aromatic heterocycles. The summed E-state index contributed by atoms with van der Waals surface area (Å²) in [4.78, 5) is 11.7. The summed E-state index contributed by atoms with van der Waals surface area (Å²) < 4.78 is 37.3. The molecule has 8 heteroatoms. The fraction of sp³-hybridized carbons (Fsp3) is 0.500. The maximum atomic E-state index is 12.3. The largest absolute Gasteiger partial charge is 0.490 e. The average Bonchev–Trinajstić information content (AvgIpc) is 2.48. The first kappa shape index (κ1) is 18.6. The number of rotatable bonds is 8. The second-order valence-electron chi connectivity index (χ2n) is 4.32. The molecule has 1 rings (SSSR count). The summed E-state index contributed by atoms with van der Waals surface area (Å²) in [7, 11) is -3.94. The Labute approximate surface area is 135 Å². The Bertz CT molecular complexity index is 616. The van der Waals surface area contributed by atoms with Gasteiger partial charge in [0.15, 0.2) is 11.5 Å². The van der Waals surface area contributed by atoms with Crippen molar-refractivity contribution < 1.29 is 22.7 Å². The van der Waals surface area contributed by atoms with Gasteiger partial charge in [-0.15, -0.1) is 0 Å². The Morgan fingerprint density at radius 3 is 2.36 bits per heavy atom. The van der Waals surface area contributed by atoms with Crippen LogP contribution in [-0.2, 0) is 14.8 Å². The van der Waals surface area contributed by atoms with Gasteiger partial charge in [0.25, 0.3) is 10.0 Å². The van der Waals surface area contributed by atoms with E-state index in [9.17, 15) is 13.2 Å². The van der Waals surface area contributed by atoms with Crippen LogP contribution in [0, 0.1) is 0 Å². The minimum atomic E-state index is -3.94. The third-order valence-electron chi connectivity index (χ3n) is 2.78. The van der Waals surface area contributed by atoms with E-state index >= 15 is 0 Å². The average molecular weight is 347 g/mol. The molecular formula is C14H21NO5S2. The molecule has 0 saturated heterocycles. The zero-order valence-corrected chi connectivity index (χ0v) is 14.7. The lowest BCUT2D eigenvalue weighted by Gasteiger charge is -2.14. The lowest BCUT2D eigenvalue weighted by atomic mass is 10.3. The summed E-state index contributed by atoms with van der Waals surface area (Å²) in [6.45, 7) is 6.07. The maximum absolute atomic E-state index is 12.3.